The van der Waals surface area contributed by atoms with E-state index < -0.39 is 0 Å². The Morgan fingerprint density at radius 3 is 3.14 bits per heavy atom. The largest absolute Gasteiger partial charge is 0.366 e. The fourth-order valence-electron chi connectivity index (χ4n) is 1.17. The van der Waals surface area contributed by atoms with Gasteiger partial charge in [-0.1, -0.05) is 0 Å². The van der Waals surface area contributed by atoms with E-state index >= 15 is 0 Å². The molecule has 0 aliphatic carbocycles. The molecule has 0 amide bonds. The van der Waals surface area contributed by atoms with Gasteiger partial charge in [0.2, 0.25) is 0 Å². The molecular formula is C10H14N4. The van der Waals surface area contributed by atoms with E-state index in [9.17, 15) is 0 Å². The van der Waals surface area contributed by atoms with Gasteiger partial charge in [0, 0.05) is 12.2 Å². The molecule has 74 valence electrons. The number of anilines is 1. The molecule has 1 aromatic rings. The molecule has 0 aromatic carbocycles. The zero-order chi connectivity index (χ0) is 10.4. The highest BCUT2D eigenvalue weighted by Gasteiger charge is 2.05. The lowest BCUT2D eigenvalue weighted by Crippen LogP contribution is -2.20. The maximum atomic E-state index is 8.81. The molecule has 0 aliphatic heterocycles. The summed E-state index contributed by atoms with van der Waals surface area (Å²) in [6, 6.07) is 5.81. The van der Waals surface area contributed by atoms with E-state index in [1.807, 2.05) is 6.92 Å². The van der Waals surface area contributed by atoms with Crippen molar-refractivity contribution in [3.05, 3.63) is 23.9 Å². The Labute approximate surface area is 83.8 Å². The van der Waals surface area contributed by atoms with Crippen LogP contribution < -0.4 is 11.1 Å². The maximum absolute atomic E-state index is 8.81. The Bertz CT molecular complexity index is 329. The number of pyridine rings is 1. The van der Waals surface area contributed by atoms with Crippen molar-refractivity contribution >= 4 is 5.82 Å². The maximum Gasteiger partial charge on any atom is 0.144 e. The van der Waals surface area contributed by atoms with Crippen LogP contribution in [0.25, 0.3) is 0 Å². The third-order valence-electron chi connectivity index (χ3n) is 1.91. The summed E-state index contributed by atoms with van der Waals surface area (Å²) in [6.07, 6.45) is 2.53. The molecule has 3 N–H and O–H groups in total. The van der Waals surface area contributed by atoms with Gasteiger partial charge in [0.05, 0.1) is 5.56 Å². The Morgan fingerprint density at radius 2 is 2.50 bits per heavy atom. The van der Waals surface area contributed by atoms with Crippen LogP contribution in [-0.4, -0.2) is 17.6 Å². The van der Waals surface area contributed by atoms with Crippen LogP contribution in [0, 0.1) is 11.3 Å². The number of hydrogen-bond donors (Lipinski definition) is 2. The summed E-state index contributed by atoms with van der Waals surface area (Å²) in [4.78, 5) is 4.10. The lowest BCUT2D eigenvalue weighted by molar-refractivity contribution is 0.713. The zero-order valence-corrected chi connectivity index (χ0v) is 8.20. The second-order valence-corrected chi connectivity index (χ2v) is 3.13. The summed E-state index contributed by atoms with van der Waals surface area (Å²) in [5.74, 6) is 0.635. The predicted molar refractivity (Wildman–Crippen MR) is 55.7 cm³/mol. The number of nitrogens with two attached hydrogens (primary N) is 1. The van der Waals surface area contributed by atoms with Crippen molar-refractivity contribution in [1.82, 2.24) is 4.98 Å². The van der Waals surface area contributed by atoms with Gasteiger partial charge >= 0.3 is 0 Å². The van der Waals surface area contributed by atoms with E-state index in [0.717, 1.165) is 6.42 Å². The number of hydrogen-bond acceptors (Lipinski definition) is 4. The van der Waals surface area contributed by atoms with E-state index in [0.29, 0.717) is 17.9 Å². The first-order valence-corrected chi connectivity index (χ1v) is 4.59. The van der Waals surface area contributed by atoms with Crippen LogP contribution in [0.3, 0.4) is 0 Å². The summed E-state index contributed by atoms with van der Waals surface area (Å²) in [5.41, 5.74) is 5.99. The van der Waals surface area contributed by atoms with Gasteiger partial charge in [-0.25, -0.2) is 4.98 Å². The summed E-state index contributed by atoms with van der Waals surface area (Å²) in [5, 5.41) is 12.0. The summed E-state index contributed by atoms with van der Waals surface area (Å²) in [7, 11) is 0. The fraction of sp³-hybridized carbons (Fsp3) is 0.400. The third-order valence-corrected chi connectivity index (χ3v) is 1.91. The Kier molecular flexibility index (Phi) is 3.89. The predicted octanol–water partition coefficient (Wildman–Crippen LogP) is 1.10. The van der Waals surface area contributed by atoms with Crippen LogP contribution >= 0.6 is 0 Å². The second-order valence-electron chi connectivity index (χ2n) is 3.13. The monoisotopic (exact) mass is 190 g/mol. The Balaban J connectivity index is 2.71. The molecule has 0 saturated heterocycles. The minimum Gasteiger partial charge on any atom is -0.366 e. The van der Waals surface area contributed by atoms with Gasteiger partial charge < -0.3 is 11.1 Å². The van der Waals surface area contributed by atoms with E-state index in [2.05, 4.69) is 16.4 Å². The lowest BCUT2D eigenvalue weighted by Gasteiger charge is -2.13. The molecular weight excluding hydrogens is 176 g/mol. The number of aromatic nitrogens is 1. The van der Waals surface area contributed by atoms with Gasteiger partial charge in [0.1, 0.15) is 11.9 Å². The Morgan fingerprint density at radius 1 is 1.71 bits per heavy atom. The first-order chi connectivity index (χ1) is 6.77. The SMILES string of the molecule is CC(CCN)Nc1ncccc1C#N. The van der Waals surface area contributed by atoms with Crippen LogP contribution in [0.15, 0.2) is 18.3 Å². The van der Waals surface area contributed by atoms with Gasteiger partial charge in [-0.2, -0.15) is 5.26 Å². The molecule has 1 atom stereocenters. The molecule has 1 aromatic heterocycles. The van der Waals surface area contributed by atoms with Crippen molar-refractivity contribution in [1.29, 1.82) is 5.26 Å². The quantitative estimate of drug-likeness (QED) is 0.745. The smallest absolute Gasteiger partial charge is 0.144 e. The van der Waals surface area contributed by atoms with E-state index in [1.54, 1.807) is 18.3 Å². The molecule has 1 unspecified atom stereocenters. The topological polar surface area (TPSA) is 74.7 Å². The van der Waals surface area contributed by atoms with Gasteiger partial charge in [0.15, 0.2) is 0 Å². The highest BCUT2D eigenvalue weighted by Crippen LogP contribution is 2.11. The zero-order valence-electron chi connectivity index (χ0n) is 8.20. The fourth-order valence-corrected chi connectivity index (χ4v) is 1.17. The van der Waals surface area contributed by atoms with Crippen LogP contribution in [-0.2, 0) is 0 Å². The highest BCUT2D eigenvalue weighted by molar-refractivity contribution is 5.51. The van der Waals surface area contributed by atoms with Crippen LogP contribution in [0.5, 0.6) is 0 Å². The number of rotatable bonds is 4. The van der Waals surface area contributed by atoms with Gasteiger partial charge in [-0.15, -0.1) is 0 Å². The minimum atomic E-state index is 0.238. The molecule has 0 aliphatic rings. The van der Waals surface area contributed by atoms with Crippen molar-refractivity contribution in [3.63, 3.8) is 0 Å². The molecule has 0 fully saturated rings. The molecule has 1 heterocycles. The molecule has 0 spiro atoms. The molecule has 0 saturated carbocycles. The first kappa shape index (κ1) is 10.5. The summed E-state index contributed by atoms with van der Waals surface area (Å²) >= 11 is 0. The van der Waals surface area contributed by atoms with E-state index in [1.165, 1.54) is 0 Å². The van der Waals surface area contributed by atoms with Crippen molar-refractivity contribution in [2.45, 2.75) is 19.4 Å². The molecule has 1 rings (SSSR count). The van der Waals surface area contributed by atoms with Crippen LogP contribution in [0.4, 0.5) is 5.82 Å². The van der Waals surface area contributed by atoms with Crippen molar-refractivity contribution < 1.29 is 0 Å². The van der Waals surface area contributed by atoms with Gasteiger partial charge in [0.25, 0.3) is 0 Å². The van der Waals surface area contributed by atoms with Crippen molar-refractivity contribution in [3.8, 4) is 6.07 Å². The average molecular weight is 190 g/mol. The van der Waals surface area contributed by atoms with E-state index in [4.69, 9.17) is 11.0 Å². The van der Waals surface area contributed by atoms with Crippen LogP contribution in [0.2, 0.25) is 0 Å². The molecule has 0 bridgehead atoms. The first-order valence-electron chi connectivity index (χ1n) is 4.59. The lowest BCUT2D eigenvalue weighted by atomic mass is 10.2. The molecule has 0 radical (unpaired) electrons. The van der Waals surface area contributed by atoms with Gasteiger partial charge in [-0.05, 0) is 32.0 Å². The standard InChI is InChI=1S/C10H14N4/c1-8(4-5-11)14-10-9(7-12)3-2-6-13-10/h2-3,6,8H,4-5,11H2,1H3,(H,13,14). The highest BCUT2D eigenvalue weighted by atomic mass is 15.0. The third kappa shape index (κ3) is 2.71. The van der Waals surface area contributed by atoms with Crippen molar-refractivity contribution in [2.75, 3.05) is 11.9 Å². The molecule has 14 heavy (non-hydrogen) atoms. The normalized spacial score (nSPS) is 11.8. The minimum absolute atomic E-state index is 0.238. The van der Waals surface area contributed by atoms with Gasteiger partial charge in [-0.3, -0.25) is 0 Å². The number of nitrogens with one attached hydrogen (secondary N) is 1. The Hall–Kier alpha value is -1.60. The number of nitriles is 1. The van der Waals surface area contributed by atoms with E-state index in [-0.39, 0.29) is 6.04 Å². The van der Waals surface area contributed by atoms with Crippen LogP contribution in [0.1, 0.15) is 18.9 Å². The average Bonchev–Trinajstić information content (AvgIpc) is 2.19. The molecule has 4 nitrogen and oxygen atoms in total. The second kappa shape index (κ2) is 5.20. The number of nitrogens with zero attached hydrogens (tertiary/aromatic N) is 2. The molecule has 4 heteroatoms. The summed E-state index contributed by atoms with van der Waals surface area (Å²) < 4.78 is 0. The van der Waals surface area contributed by atoms with Crippen molar-refractivity contribution in [2.24, 2.45) is 5.73 Å². The summed E-state index contributed by atoms with van der Waals surface area (Å²) in [6.45, 7) is 2.64.